The van der Waals surface area contributed by atoms with E-state index in [9.17, 15) is 0 Å². The Morgan fingerprint density at radius 3 is 0.583 bits per heavy atom. The van der Waals surface area contributed by atoms with Crippen molar-refractivity contribution >= 4 is 0 Å². The van der Waals surface area contributed by atoms with Crippen molar-refractivity contribution in [1.29, 1.82) is 0 Å². The van der Waals surface area contributed by atoms with Gasteiger partial charge in [0.05, 0.1) is 0 Å². The van der Waals surface area contributed by atoms with Crippen molar-refractivity contribution in [3.63, 3.8) is 0 Å². The summed E-state index contributed by atoms with van der Waals surface area (Å²) in [6.45, 7) is 15.1. The van der Waals surface area contributed by atoms with Gasteiger partial charge in [-0.1, -0.05) is 138 Å². The third-order valence-corrected chi connectivity index (χ3v) is 5.43. The van der Waals surface area contributed by atoms with Gasteiger partial charge in [0.15, 0.2) is 0 Å². The summed E-state index contributed by atoms with van der Waals surface area (Å²) in [7, 11) is 0. The summed E-state index contributed by atoms with van der Waals surface area (Å²) >= 11 is 0. The summed E-state index contributed by atoms with van der Waals surface area (Å²) in [4.78, 5) is 0. The first-order valence-corrected chi connectivity index (χ1v) is 11.7. The first-order valence-electron chi connectivity index (χ1n) is 11.7. The van der Waals surface area contributed by atoms with Gasteiger partial charge < -0.3 is 0 Å². The van der Waals surface area contributed by atoms with E-state index < -0.39 is 0 Å². The van der Waals surface area contributed by atoms with Gasteiger partial charge in [0.1, 0.15) is 0 Å². The third kappa shape index (κ3) is 18.3. The van der Waals surface area contributed by atoms with Crippen molar-refractivity contribution in [2.24, 2.45) is 17.8 Å². The Morgan fingerprint density at radius 2 is 0.500 bits per heavy atom. The molecule has 0 bridgehead atoms. The highest BCUT2D eigenvalue weighted by molar-refractivity contribution is 4.61. The second-order valence-electron chi connectivity index (χ2n) is 7.88. The summed E-state index contributed by atoms with van der Waals surface area (Å²) in [6, 6.07) is 0. The Morgan fingerprint density at radius 1 is 0.333 bits per heavy atom. The molecule has 3 aliphatic rings. The second-order valence-corrected chi connectivity index (χ2v) is 7.88. The highest BCUT2D eigenvalue weighted by atomic mass is 14.1. The summed E-state index contributed by atoms with van der Waals surface area (Å²) in [5.74, 6) is 3.12. The normalized spacial score (nSPS) is 21.6. The van der Waals surface area contributed by atoms with Crippen molar-refractivity contribution in [3.8, 4) is 0 Å². The predicted octanol–water partition coefficient (Wildman–Crippen LogP) is 9.42. The van der Waals surface area contributed by atoms with E-state index in [1.54, 1.807) is 0 Å². The maximum atomic E-state index is 2.36. The predicted molar refractivity (Wildman–Crippen MR) is 115 cm³/mol. The van der Waals surface area contributed by atoms with Crippen LogP contribution >= 0.6 is 0 Å². The minimum Gasteiger partial charge on any atom is -0.0683 e. The molecule has 3 fully saturated rings. The average molecular weight is 341 g/mol. The van der Waals surface area contributed by atoms with Gasteiger partial charge in [0, 0.05) is 0 Å². The summed E-state index contributed by atoms with van der Waals surface area (Å²) in [5, 5.41) is 0. The number of rotatable bonds is 0. The minimum atomic E-state index is 1.04. The molecule has 0 radical (unpaired) electrons. The third-order valence-electron chi connectivity index (χ3n) is 5.43. The summed E-state index contributed by atoms with van der Waals surface area (Å²) in [5.41, 5.74) is 0. The zero-order valence-corrected chi connectivity index (χ0v) is 18.6. The van der Waals surface area contributed by atoms with Crippen LogP contribution in [-0.2, 0) is 0 Å². The molecule has 0 heterocycles. The number of hydrogen-bond acceptors (Lipinski definition) is 0. The molecule has 3 saturated carbocycles. The lowest BCUT2D eigenvalue weighted by Gasteiger charge is -2.15. The fourth-order valence-electron chi connectivity index (χ4n) is 3.74. The quantitative estimate of drug-likeness (QED) is 0.412. The van der Waals surface area contributed by atoms with Crippen LogP contribution in [0.4, 0.5) is 0 Å². The SMILES string of the molecule is CC.CC.CC1CCCC1.CC1CCCCC1.CC1CCCCC1. The maximum absolute atomic E-state index is 2.36. The molecule has 3 aliphatic carbocycles. The molecular formula is C24H52. The highest BCUT2D eigenvalue weighted by Crippen LogP contribution is 2.23. The summed E-state index contributed by atoms with van der Waals surface area (Å²) < 4.78 is 0. The molecule has 0 aromatic carbocycles. The molecule has 0 aliphatic heterocycles. The fraction of sp³-hybridized carbons (Fsp3) is 1.00. The number of hydrogen-bond donors (Lipinski definition) is 0. The van der Waals surface area contributed by atoms with Crippen LogP contribution in [0.3, 0.4) is 0 Å². The highest BCUT2D eigenvalue weighted by Gasteiger charge is 2.07. The van der Waals surface area contributed by atoms with Crippen molar-refractivity contribution in [3.05, 3.63) is 0 Å². The Hall–Kier alpha value is 0. The first kappa shape index (κ1) is 26.2. The average Bonchev–Trinajstić information content (AvgIpc) is 3.12. The molecule has 0 N–H and O–H groups in total. The monoisotopic (exact) mass is 340 g/mol. The van der Waals surface area contributed by atoms with E-state index >= 15 is 0 Å². The van der Waals surface area contributed by atoms with Crippen LogP contribution in [0.5, 0.6) is 0 Å². The second kappa shape index (κ2) is 21.0. The topological polar surface area (TPSA) is 0 Å². The Bertz CT molecular complexity index is 174. The van der Waals surface area contributed by atoms with Gasteiger partial charge >= 0.3 is 0 Å². The molecule has 0 nitrogen and oxygen atoms in total. The zero-order valence-electron chi connectivity index (χ0n) is 18.6. The smallest absolute Gasteiger partial charge is 0.0443 e. The van der Waals surface area contributed by atoms with Crippen LogP contribution in [-0.4, -0.2) is 0 Å². The summed E-state index contributed by atoms with van der Waals surface area (Å²) in [6.07, 6.45) is 20.8. The van der Waals surface area contributed by atoms with Gasteiger partial charge in [0.2, 0.25) is 0 Å². The molecule has 148 valence electrons. The molecule has 0 spiro atoms. The molecular weight excluding hydrogens is 288 g/mol. The van der Waals surface area contributed by atoms with Gasteiger partial charge in [-0.3, -0.25) is 0 Å². The van der Waals surface area contributed by atoms with Crippen molar-refractivity contribution in [2.75, 3.05) is 0 Å². The van der Waals surface area contributed by atoms with E-state index in [-0.39, 0.29) is 0 Å². The lowest BCUT2D eigenvalue weighted by molar-refractivity contribution is 0.385. The van der Waals surface area contributed by atoms with Crippen LogP contribution in [0.2, 0.25) is 0 Å². The molecule has 0 aromatic rings. The Kier molecular flexibility index (Phi) is 23.0. The van der Waals surface area contributed by atoms with Crippen LogP contribution in [0.1, 0.15) is 138 Å². The Balaban J connectivity index is 0. The molecule has 0 unspecified atom stereocenters. The van der Waals surface area contributed by atoms with Crippen molar-refractivity contribution in [1.82, 2.24) is 0 Å². The van der Waals surface area contributed by atoms with E-state index in [0.717, 1.165) is 17.8 Å². The molecule has 0 heteroatoms. The minimum absolute atomic E-state index is 1.04. The van der Waals surface area contributed by atoms with Crippen LogP contribution in [0.15, 0.2) is 0 Å². The van der Waals surface area contributed by atoms with E-state index in [0.29, 0.717) is 0 Å². The molecule has 0 saturated heterocycles. The Labute approximate surface area is 156 Å². The van der Waals surface area contributed by atoms with Crippen molar-refractivity contribution in [2.45, 2.75) is 138 Å². The van der Waals surface area contributed by atoms with Gasteiger partial charge in [-0.25, -0.2) is 0 Å². The van der Waals surface area contributed by atoms with Gasteiger partial charge in [-0.2, -0.15) is 0 Å². The fourth-order valence-corrected chi connectivity index (χ4v) is 3.74. The van der Waals surface area contributed by atoms with Gasteiger partial charge in [0.25, 0.3) is 0 Å². The molecule has 0 aromatic heterocycles. The molecule has 24 heavy (non-hydrogen) atoms. The lowest BCUT2D eigenvalue weighted by atomic mass is 9.91. The molecule has 3 rings (SSSR count). The standard InChI is InChI=1S/2C7H14.C6H12.2C2H6/c2*1-7-5-3-2-4-6-7;1-6-4-2-3-5-6;2*1-2/h2*7H,2-6H2,1H3;6H,2-5H2,1H3;2*1-2H3. The van der Waals surface area contributed by atoms with Crippen molar-refractivity contribution < 1.29 is 0 Å². The molecule has 0 amide bonds. The van der Waals surface area contributed by atoms with Gasteiger partial charge in [-0.05, 0) is 17.8 Å². The van der Waals surface area contributed by atoms with Crippen LogP contribution in [0, 0.1) is 17.8 Å². The van der Waals surface area contributed by atoms with Gasteiger partial charge in [-0.15, -0.1) is 0 Å². The molecule has 0 atom stereocenters. The van der Waals surface area contributed by atoms with E-state index in [1.807, 2.05) is 27.7 Å². The van der Waals surface area contributed by atoms with E-state index in [4.69, 9.17) is 0 Å². The van der Waals surface area contributed by atoms with Crippen LogP contribution in [0.25, 0.3) is 0 Å². The zero-order chi connectivity index (χ0) is 18.6. The van der Waals surface area contributed by atoms with E-state index in [1.165, 1.54) is 89.9 Å². The first-order chi connectivity index (χ1) is 11.7. The largest absolute Gasteiger partial charge is 0.0683 e. The van der Waals surface area contributed by atoms with Crippen LogP contribution < -0.4 is 0 Å². The lowest BCUT2D eigenvalue weighted by Crippen LogP contribution is -1.99. The van der Waals surface area contributed by atoms with E-state index in [2.05, 4.69) is 20.8 Å². The maximum Gasteiger partial charge on any atom is -0.0443 e.